The summed E-state index contributed by atoms with van der Waals surface area (Å²) in [6.07, 6.45) is 1.75. The maximum atomic E-state index is 13.8. The van der Waals surface area contributed by atoms with Gasteiger partial charge in [-0.1, -0.05) is 72.8 Å². The van der Waals surface area contributed by atoms with Gasteiger partial charge in [-0.25, -0.2) is 13.1 Å². The molecule has 0 fully saturated rings. The molecule has 2 atom stereocenters. The Kier molecular flexibility index (Phi) is 21.8. The maximum absolute atomic E-state index is 13.8. The zero-order valence-electron chi connectivity index (χ0n) is 29.4. The van der Waals surface area contributed by atoms with Crippen molar-refractivity contribution in [1.82, 2.24) is 10.0 Å². The van der Waals surface area contributed by atoms with Crippen molar-refractivity contribution in [2.45, 2.75) is 36.7 Å². The predicted molar refractivity (Wildman–Crippen MR) is 206 cm³/mol. The van der Waals surface area contributed by atoms with E-state index in [4.69, 9.17) is 52.8 Å². The van der Waals surface area contributed by atoms with Crippen molar-refractivity contribution in [3.8, 4) is 11.5 Å². The van der Waals surface area contributed by atoms with Crippen LogP contribution in [0.1, 0.15) is 42.1 Å². The van der Waals surface area contributed by atoms with Crippen LogP contribution in [-0.2, 0) is 43.6 Å². The molecule has 9 nitrogen and oxygen atoms in total. The SMILES string of the molecule is CCOCCOCCOCCOc1ccc(S(=O)(=O)N[C@H](c2ccccc2)[C@H](NCCCc2ccc(OC)cc2)c2ccccc2)cc1.[Cl][Ru]([Cl])[Cl]. The summed E-state index contributed by atoms with van der Waals surface area (Å²) in [4.78, 5) is 0.155. The van der Waals surface area contributed by atoms with Crippen LogP contribution in [-0.4, -0.2) is 68.3 Å². The first-order valence-corrected chi connectivity index (χ1v) is 25.0. The van der Waals surface area contributed by atoms with Crippen LogP contribution in [0.15, 0.2) is 114 Å². The Morgan fingerprint density at radius 2 is 1.15 bits per heavy atom. The fraction of sp³-hybridized carbons (Fsp3) is 0.368. The summed E-state index contributed by atoms with van der Waals surface area (Å²) < 4.78 is 57.9. The van der Waals surface area contributed by atoms with Crippen LogP contribution in [0.2, 0.25) is 0 Å². The molecular formula is C38H48Cl3N2O7RuS. The Hall–Kier alpha value is -2.28. The Morgan fingerprint density at radius 3 is 1.69 bits per heavy atom. The van der Waals surface area contributed by atoms with Crippen LogP contribution in [0.25, 0.3) is 0 Å². The van der Waals surface area contributed by atoms with Gasteiger partial charge >= 0.3 is 42.1 Å². The summed E-state index contributed by atoms with van der Waals surface area (Å²) in [5, 5.41) is 3.67. The molecule has 287 valence electrons. The Morgan fingerprint density at radius 1 is 0.654 bits per heavy atom. The first kappa shape index (κ1) is 44.1. The number of methoxy groups -OCH3 is 1. The zero-order chi connectivity index (χ0) is 37.4. The fourth-order valence-corrected chi connectivity index (χ4v) is 6.41. The van der Waals surface area contributed by atoms with E-state index in [1.54, 1.807) is 31.4 Å². The Labute approximate surface area is 326 Å². The van der Waals surface area contributed by atoms with Gasteiger partial charge in [0, 0.05) is 6.61 Å². The molecule has 0 saturated heterocycles. The van der Waals surface area contributed by atoms with Gasteiger partial charge in [0.1, 0.15) is 18.1 Å². The summed E-state index contributed by atoms with van der Waals surface area (Å²) >= 11 is -1.75. The number of benzene rings is 4. The number of sulfonamides is 1. The van der Waals surface area contributed by atoms with Gasteiger partial charge in [0.2, 0.25) is 10.0 Å². The molecule has 0 spiro atoms. The molecule has 52 heavy (non-hydrogen) atoms. The van der Waals surface area contributed by atoms with Crippen molar-refractivity contribution >= 4 is 39.1 Å². The van der Waals surface area contributed by atoms with E-state index in [2.05, 4.69) is 22.2 Å². The molecule has 14 heteroatoms. The number of halogens is 3. The first-order chi connectivity index (χ1) is 25.2. The van der Waals surface area contributed by atoms with E-state index in [-0.39, 0.29) is 10.9 Å². The van der Waals surface area contributed by atoms with E-state index in [1.807, 2.05) is 79.7 Å². The van der Waals surface area contributed by atoms with Crippen LogP contribution in [0, 0.1) is 0 Å². The van der Waals surface area contributed by atoms with Gasteiger partial charge in [-0.15, -0.1) is 0 Å². The predicted octanol–water partition coefficient (Wildman–Crippen LogP) is 8.19. The van der Waals surface area contributed by atoms with E-state index >= 15 is 0 Å². The molecule has 0 aromatic heterocycles. The molecule has 0 heterocycles. The minimum atomic E-state index is -3.91. The van der Waals surface area contributed by atoms with Gasteiger partial charge in [0.05, 0.1) is 57.1 Å². The molecule has 4 aromatic carbocycles. The molecule has 0 saturated carbocycles. The zero-order valence-corrected chi connectivity index (χ0v) is 34.2. The van der Waals surface area contributed by atoms with E-state index in [0.29, 0.717) is 58.5 Å². The molecule has 0 aliphatic rings. The molecule has 2 N–H and O–H groups in total. The molecule has 0 unspecified atom stereocenters. The van der Waals surface area contributed by atoms with Crippen LogP contribution in [0.5, 0.6) is 11.5 Å². The minimum absolute atomic E-state index is 0.155. The van der Waals surface area contributed by atoms with Crippen LogP contribution < -0.4 is 19.5 Å². The van der Waals surface area contributed by atoms with Gasteiger partial charge in [0.15, 0.2) is 0 Å². The third kappa shape index (κ3) is 17.2. The summed E-state index contributed by atoms with van der Waals surface area (Å²) in [7, 11) is 12.6. The fourth-order valence-electron chi connectivity index (χ4n) is 5.17. The Balaban J connectivity index is 0.00000173. The van der Waals surface area contributed by atoms with E-state index < -0.39 is 29.0 Å². The second-order valence-corrected chi connectivity index (χ2v) is 20.8. The third-order valence-corrected chi connectivity index (χ3v) is 9.13. The number of aryl methyl sites for hydroxylation is 1. The van der Waals surface area contributed by atoms with E-state index in [9.17, 15) is 8.42 Å². The van der Waals surface area contributed by atoms with Gasteiger partial charge in [-0.2, -0.15) is 0 Å². The van der Waals surface area contributed by atoms with Gasteiger partial charge in [-0.3, -0.25) is 0 Å². The molecule has 0 radical (unpaired) electrons. The molecule has 0 bridgehead atoms. The van der Waals surface area contributed by atoms with Crippen molar-refractivity contribution in [3.05, 3.63) is 126 Å². The van der Waals surface area contributed by atoms with Crippen molar-refractivity contribution in [1.29, 1.82) is 0 Å². The molecule has 0 amide bonds. The summed E-state index contributed by atoms with van der Waals surface area (Å²) in [6.45, 7) is 6.10. The number of rotatable bonds is 23. The van der Waals surface area contributed by atoms with Crippen LogP contribution >= 0.6 is 29.1 Å². The molecule has 4 aromatic rings. The Bertz CT molecular complexity index is 1610. The van der Waals surface area contributed by atoms with Crippen LogP contribution in [0.4, 0.5) is 0 Å². The number of ether oxygens (including phenoxy) is 5. The number of nitrogens with one attached hydrogen (secondary N) is 2. The topological polar surface area (TPSA) is 104 Å². The number of hydrogen-bond donors (Lipinski definition) is 2. The van der Waals surface area contributed by atoms with Gasteiger partial charge < -0.3 is 29.0 Å². The van der Waals surface area contributed by atoms with Crippen molar-refractivity contribution in [2.24, 2.45) is 0 Å². The normalized spacial score (nSPS) is 12.7. The van der Waals surface area contributed by atoms with Crippen molar-refractivity contribution < 1.29 is 45.1 Å². The summed E-state index contributed by atoms with van der Waals surface area (Å²) in [6, 6.07) is 33.3. The summed E-state index contributed by atoms with van der Waals surface area (Å²) in [5.41, 5.74) is 3.06. The van der Waals surface area contributed by atoms with Crippen molar-refractivity contribution in [3.63, 3.8) is 0 Å². The van der Waals surface area contributed by atoms with Gasteiger partial charge in [0.25, 0.3) is 0 Å². The monoisotopic (exact) mass is 883 g/mol. The van der Waals surface area contributed by atoms with Gasteiger partial charge in [-0.05, 0) is 79.4 Å². The molecule has 4 rings (SSSR count). The molecule has 0 aliphatic heterocycles. The average Bonchev–Trinajstić information content (AvgIpc) is 3.16. The standard InChI is InChI=1S/C38H48N2O7S.3ClH.Ru/c1-3-44-25-26-45-27-28-46-29-30-47-35-20-22-36(23-21-35)48(41,42)40-38(33-14-8-5-9-15-33)37(32-12-6-4-7-13-32)39-24-10-11-31-16-18-34(43-2)19-17-31;;;;/h4-9,12-23,37-40H,3,10-11,24-30H2,1-2H3;3*1H;/q;;;;+3/p-3/t37-,38-;;;;/m1..../s1. The third-order valence-electron chi connectivity index (χ3n) is 7.68. The second-order valence-electron chi connectivity index (χ2n) is 11.2. The molecular weight excluding hydrogens is 836 g/mol. The molecule has 0 aliphatic carbocycles. The number of hydrogen-bond acceptors (Lipinski definition) is 8. The summed E-state index contributed by atoms with van der Waals surface area (Å²) in [5.74, 6) is 1.39. The first-order valence-electron chi connectivity index (χ1n) is 16.8. The van der Waals surface area contributed by atoms with Crippen LogP contribution in [0.3, 0.4) is 0 Å². The average molecular weight is 884 g/mol. The van der Waals surface area contributed by atoms with E-state index in [0.717, 1.165) is 29.7 Å². The quantitative estimate of drug-likeness (QED) is 0.0568. The van der Waals surface area contributed by atoms with E-state index in [1.165, 1.54) is 5.56 Å². The van der Waals surface area contributed by atoms with Crippen molar-refractivity contribution in [2.75, 3.05) is 59.9 Å². The second kappa shape index (κ2) is 25.7.